The highest BCUT2D eigenvalue weighted by atomic mass is 32.2. The van der Waals surface area contributed by atoms with Gasteiger partial charge in [0.25, 0.3) is 0 Å². The van der Waals surface area contributed by atoms with E-state index < -0.39 is 26.6 Å². The van der Waals surface area contributed by atoms with Gasteiger partial charge in [0.1, 0.15) is 4.90 Å². The van der Waals surface area contributed by atoms with Crippen LogP contribution in [0.5, 0.6) is 5.75 Å². The predicted octanol–water partition coefficient (Wildman–Crippen LogP) is 1.04. The lowest BCUT2D eigenvalue weighted by Crippen LogP contribution is -2.15. The lowest BCUT2D eigenvalue weighted by molar-refractivity contribution is 0.0642. The van der Waals surface area contributed by atoms with Crippen LogP contribution in [0.1, 0.15) is 6.42 Å². The number of halogens is 2. The Morgan fingerprint density at radius 1 is 1.10 bits per heavy atom. The van der Waals surface area contributed by atoms with E-state index in [9.17, 15) is 17.2 Å². The van der Waals surface area contributed by atoms with Crippen molar-refractivity contribution in [2.45, 2.75) is 11.3 Å². The van der Waals surface area contributed by atoms with Gasteiger partial charge in [0.15, 0.2) is 11.6 Å². The SMILES string of the molecule is COCCOCCCOc1ccc(S(N)(=O)=O)c(F)c1F. The molecule has 0 spiro atoms. The molecule has 1 rings (SSSR count). The van der Waals surface area contributed by atoms with Gasteiger partial charge in [-0.25, -0.2) is 17.9 Å². The van der Waals surface area contributed by atoms with Crippen LogP contribution in [0, 0.1) is 11.6 Å². The Morgan fingerprint density at radius 3 is 2.43 bits per heavy atom. The second kappa shape index (κ2) is 8.23. The fourth-order valence-corrected chi connectivity index (χ4v) is 2.03. The molecule has 0 saturated heterocycles. The smallest absolute Gasteiger partial charge is 0.241 e. The molecule has 21 heavy (non-hydrogen) atoms. The van der Waals surface area contributed by atoms with Gasteiger partial charge in [0.05, 0.1) is 19.8 Å². The molecule has 0 aliphatic rings. The minimum atomic E-state index is -4.31. The van der Waals surface area contributed by atoms with E-state index in [1.54, 1.807) is 7.11 Å². The van der Waals surface area contributed by atoms with E-state index in [-0.39, 0.29) is 12.4 Å². The van der Waals surface area contributed by atoms with Gasteiger partial charge in [-0.3, -0.25) is 0 Å². The Hall–Kier alpha value is -1.29. The lowest BCUT2D eigenvalue weighted by atomic mass is 10.3. The molecule has 0 unspecified atom stereocenters. The van der Waals surface area contributed by atoms with E-state index in [1.807, 2.05) is 0 Å². The molecule has 0 fully saturated rings. The van der Waals surface area contributed by atoms with Crippen LogP contribution in [0.3, 0.4) is 0 Å². The van der Waals surface area contributed by atoms with E-state index >= 15 is 0 Å². The summed E-state index contributed by atoms with van der Waals surface area (Å²) in [5.41, 5.74) is 0. The topological polar surface area (TPSA) is 87.8 Å². The molecule has 0 aromatic heterocycles. The summed E-state index contributed by atoms with van der Waals surface area (Å²) in [6.07, 6.45) is 0.460. The number of hydrogen-bond acceptors (Lipinski definition) is 5. The molecule has 0 heterocycles. The first-order valence-corrected chi connectivity index (χ1v) is 7.63. The number of primary sulfonamides is 1. The predicted molar refractivity (Wildman–Crippen MR) is 70.5 cm³/mol. The highest BCUT2D eigenvalue weighted by Crippen LogP contribution is 2.24. The third kappa shape index (κ3) is 5.54. The first-order valence-electron chi connectivity index (χ1n) is 6.08. The molecule has 0 atom stereocenters. The molecule has 1 aromatic rings. The van der Waals surface area contributed by atoms with Crippen molar-refractivity contribution >= 4 is 10.0 Å². The fraction of sp³-hybridized carbons (Fsp3) is 0.500. The Bertz CT molecular complexity index is 565. The molecular formula is C12H17F2NO5S. The average Bonchev–Trinajstić information content (AvgIpc) is 2.41. The Labute approximate surface area is 121 Å². The Balaban J connectivity index is 2.52. The van der Waals surface area contributed by atoms with Gasteiger partial charge < -0.3 is 14.2 Å². The van der Waals surface area contributed by atoms with Crippen molar-refractivity contribution in [3.05, 3.63) is 23.8 Å². The summed E-state index contributed by atoms with van der Waals surface area (Å²) in [6, 6.07) is 1.88. The zero-order valence-electron chi connectivity index (χ0n) is 11.5. The van der Waals surface area contributed by atoms with Crippen molar-refractivity contribution < 1.29 is 31.4 Å². The first-order chi connectivity index (χ1) is 9.88. The maximum atomic E-state index is 13.6. The third-order valence-corrected chi connectivity index (χ3v) is 3.37. The fourth-order valence-electron chi connectivity index (χ4n) is 1.43. The standard InChI is InChI=1S/C12H17F2NO5S/c1-18-7-8-19-5-2-6-20-9-3-4-10(21(15,16)17)12(14)11(9)13/h3-4H,2,5-8H2,1H3,(H2,15,16,17). The highest BCUT2D eigenvalue weighted by molar-refractivity contribution is 7.89. The molecule has 0 amide bonds. The molecule has 6 nitrogen and oxygen atoms in total. The first kappa shape index (κ1) is 17.8. The van der Waals surface area contributed by atoms with Crippen LogP contribution in [0.2, 0.25) is 0 Å². The summed E-state index contributed by atoms with van der Waals surface area (Å²) < 4.78 is 64.1. The van der Waals surface area contributed by atoms with Gasteiger partial charge >= 0.3 is 0 Å². The summed E-state index contributed by atoms with van der Waals surface area (Å²) in [5.74, 6) is -3.31. The number of rotatable bonds is 9. The molecule has 0 aliphatic carbocycles. The minimum absolute atomic E-state index is 0.0953. The second-order valence-electron chi connectivity index (χ2n) is 4.04. The molecule has 2 N–H and O–H groups in total. The average molecular weight is 325 g/mol. The van der Waals surface area contributed by atoms with Gasteiger partial charge in [-0.2, -0.15) is 4.39 Å². The van der Waals surface area contributed by atoms with Crippen molar-refractivity contribution in [3.8, 4) is 5.75 Å². The number of methoxy groups -OCH3 is 1. The van der Waals surface area contributed by atoms with E-state index in [0.717, 1.165) is 12.1 Å². The van der Waals surface area contributed by atoms with Gasteiger partial charge in [-0.05, 0) is 12.1 Å². The van der Waals surface area contributed by atoms with Crippen molar-refractivity contribution in [2.75, 3.05) is 33.5 Å². The quantitative estimate of drug-likeness (QED) is 0.686. The van der Waals surface area contributed by atoms with E-state index in [2.05, 4.69) is 0 Å². The zero-order valence-corrected chi connectivity index (χ0v) is 12.3. The van der Waals surface area contributed by atoms with Crippen molar-refractivity contribution in [2.24, 2.45) is 5.14 Å². The maximum absolute atomic E-state index is 13.6. The van der Waals surface area contributed by atoms with Crippen LogP contribution in [0.25, 0.3) is 0 Å². The normalized spacial score (nSPS) is 11.6. The lowest BCUT2D eigenvalue weighted by Gasteiger charge is -2.09. The van der Waals surface area contributed by atoms with Crippen LogP contribution < -0.4 is 9.88 Å². The molecular weight excluding hydrogens is 308 g/mol. The largest absolute Gasteiger partial charge is 0.490 e. The number of sulfonamides is 1. The number of benzene rings is 1. The Morgan fingerprint density at radius 2 is 1.81 bits per heavy atom. The van der Waals surface area contributed by atoms with Gasteiger partial charge in [-0.1, -0.05) is 0 Å². The van der Waals surface area contributed by atoms with Gasteiger partial charge in [0, 0.05) is 20.1 Å². The van der Waals surface area contributed by atoms with Crippen LogP contribution in [-0.4, -0.2) is 42.0 Å². The van der Waals surface area contributed by atoms with Crippen molar-refractivity contribution in [1.82, 2.24) is 0 Å². The Kier molecular flexibility index (Phi) is 6.96. The van der Waals surface area contributed by atoms with Crippen molar-refractivity contribution in [1.29, 1.82) is 0 Å². The van der Waals surface area contributed by atoms with Crippen LogP contribution in [0.15, 0.2) is 17.0 Å². The number of ether oxygens (including phenoxy) is 3. The molecule has 1 aromatic carbocycles. The summed E-state index contributed by atoms with van der Waals surface area (Å²) in [4.78, 5) is -0.907. The number of hydrogen-bond donors (Lipinski definition) is 1. The van der Waals surface area contributed by atoms with Gasteiger partial charge in [-0.15, -0.1) is 0 Å². The van der Waals surface area contributed by atoms with Crippen LogP contribution in [-0.2, 0) is 19.5 Å². The third-order valence-electron chi connectivity index (χ3n) is 2.44. The van der Waals surface area contributed by atoms with Gasteiger partial charge in [0.2, 0.25) is 15.8 Å². The molecule has 0 radical (unpaired) electrons. The number of nitrogens with two attached hydrogens (primary N) is 1. The molecule has 120 valence electrons. The minimum Gasteiger partial charge on any atom is -0.490 e. The highest BCUT2D eigenvalue weighted by Gasteiger charge is 2.21. The van der Waals surface area contributed by atoms with E-state index in [0.29, 0.717) is 26.2 Å². The van der Waals surface area contributed by atoms with Crippen molar-refractivity contribution in [3.63, 3.8) is 0 Å². The van der Waals surface area contributed by atoms with Crippen LogP contribution >= 0.6 is 0 Å². The van der Waals surface area contributed by atoms with E-state index in [4.69, 9.17) is 19.3 Å². The summed E-state index contributed by atoms with van der Waals surface area (Å²) in [6.45, 7) is 1.37. The molecule has 0 saturated carbocycles. The van der Waals surface area contributed by atoms with Crippen LogP contribution in [0.4, 0.5) is 8.78 Å². The maximum Gasteiger partial charge on any atom is 0.241 e. The monoisotopic (exact) mass is 325 g/mol. The second-order valence-corrected chi connectivity index (χ2v) is 5.57. The van der Waals surface area contributed by atoms with E-state index in [1.165, 1.54) is 0 Å². The summed E-state index contributed by atoms with van der Waals surface area (Å²) in [7, 11) is -2.76. The summed E-state index contributed by atoms with van der Waals surface area (Å²) >= 11 is 0. The zero-order chi connectivity index (χ0) is 15.9. The molecule has 0 bridgehead atoms. The molecule has 9 heteroatoms. The summed E-state index contributed by atoms with van der Waals surface area (Å²) in [5, 5.41) is 4.75. The molecule has 0 aliphatic heterocycles.